The van der Waals surface area contributed by atoms with E-state index in [1.54, 1.807) is 7.11 Å². The van der Waals surface area contributed by atoms with E-state index in [4.69, 9.17) is 9.26 Å². The van der Waals surface area contributed by atoms with Crippen LogP contribution in [0.3, 0.4) is 0 Å². The van der Waals surface area contributed by atoms with Gasteiger partial charge in [0.15, 0.2) is 5.82 Å². The summed E-state index contributed by atoms with van der Waals surface area (Å²) in [5.41, 5.74) is -0.369. The van der Waals surface area contributed by atoms with E-state index < -0.39 is 0 Å². The number of ether oxygens (including phenoxy) is 1. The van der Waals surface area contributed by atoms with E-state index in [1.165, 1.54) is 0 Å². The van der Waals surface area contributed by atoms with Gasteiger partial charge >= 0.3 is 0 Å². The first-order valence-corrected chi connectivity index (χ1v) is 4.83. The summed E-state index contributed by atoms with van der Waals surface area (Å²) in [7, 11) is 1.70. The molecule has 0 atom stereocenters. The van der Waals surface area contributed by atoms with Gasteiger partial charge in [0, 0.05) is 7.11 Å². The first kappa shape index (κ1) is 9.61. The molecule has 1 fully saturated rings. The standard InChI is InChI=1S/C9H15N3O2/c1-7-11-8(14-12-7)9(13-2)3-5-10-6-4-9/h10H,3-6H2,1-2H3. The molecular formula is C9H15N3O2. The number of nitrogens with one attached hydrogen (secondary N) is 1. The third-order valence-electron chi connectivity index (χ3n) is 2.72. The maximum absolute atomic E-state index is 5.54. The minimum Gasteiger partial charge on any atom is -0.368 e. The minimum atomic E-state index is -0.369. The number of methoxy groups -OCH3 is 1. The molecule has 5 nitrogen and oxygen atoms in total. The molecule has 1 aromatic rings. The number of hydrogen-bond acceptors (Lipinski definition) is 5. The van der Waals surface area contributed by atoms with E-state index in [9.17, 15) is 0 Å². The van der Waals surface area contributed by atoms with E-state index in [-0.39, 0.29) is 5.60 Å². The van der Waals surface area contributed by atoms with Crippen molar-refractivity contribution in [2.24, 2.45) is 0 Å². The van der Waals surface area contributed by atoms with Gasteiger partial charge in [-0.2, -0.15) is 4.98 Å². The lowest BCUT2D eigenvalue weighted by molar-refractivity contribution is -0.0622. The molecule has 5 heteroatoms. The van der Waals surface area contributed by atoms with Crippen molar-refractivity contribution in [1.29, 1.82) is 0 Å². The van der Waals surface area contributed by atoms with Gasteiger partial charge in [-0.15, -0.1) is 0 Å². The van der Waals surface area contributed by atoms with E-state index in [2.05, 4.69) is 15.5 Å². The predicted octanol–water partition coefficient (Wildman–Crippen LogP) is 0.603. The van der Waals surface area contributed by atoms with Crippen LogP contribution in [0.5, 0.6) is 0 Å². The van der Waals surface area contributed by atoms with Gasteiger partial charge < -0.3 is 14.6 Å². The van der Waals surface area contributed by atoms with Crippen molar-refractivity contribution in [2.45, 2.75) is 25.4 Å². The highest BCUT2D eigenvalue weighted by atomic mass is 16.5. The number of nitrogens with zero attached hydrogens (tertiary/aromatic N) is 2. The summed E-state index contributed by atoms with van der Waals surface area (Å²) in [6.07, 6.45) is 1.76. The lowest BCUT2D eigenvalue weighted by atomic mass is 9.92. The smallest absolute Gasteiger partial charge is 0.258 e. The largest absolute Gasteiger partial charge is 0.368 e. The van der Waals surface area contributed by atoms with Gasteiger partial charge in [-0.3, -0.25) is 0 Å². The Hall–Kier alpha value is -0.940. The van der Waals surface area contributed by atoms with Crippen LogP contribution in [-0.4, -0.2) is 30.3 Å². The molecule has 0 bridgehead atoms. The second-order valence-electron chi connectivity index (χ2n) is 3.60. The van der Waals surface area contributed by atoms with Crippen molar-refractivity contribution in [1.82, 2.24) is 15.5 Å². The molecule has 0 spiro atoms. The Morgan fingerprint density at radius 3 is 2.64 bits per heavy atom. The molecule has 1 N–H and O–H groups in total. The fourth-order valence-electron chi connectivity index (χ4n) is 1.82. The van der Waals surface area contributed by atoms with Gasteiger partial charge in [-0.25, -0.2) is 0 Å². The maximum Gasteiger partial charge on any atom is 0.258 e. The molecule has 14 heavy (non-hydrogen) atoms. The number of aryl methyl sites for hydroxylation is 1. The number of hydrogen-bond donors (Lipinski definition) is 1. The summed E-state index contributed by atoms with van der Waals surface area (Å²) in [4.78, 5) is 4.25. The SMILES string of the molecule is COC1(c2nc(C)no2)CCNCC1. The van der Waals surface area contributed by atoms with E-state index in [1.807, 2.05) is 6.92 Å². The molecule has 0 unspecified atom stereocenters. The van der Waals surface area contributed by atoms with Crippen molar-refractivity contribution >= 4 is 0 Å². The molecular weight excluding hydrogens is 182 g/mol. The zero-order valence-corrected chi connectivity index (χ0v) is 8.54. The molecule has 78 valence electrons. The van der Waals surface area contributed by atoms with E-state index in [0.717, 1.165) is 25.9 Å². The van der Waals surface area contributed by atoms with Crippen LogP contribution in [-0.2, 0) is 10.3 Å². The fourth-order valence-corrected chi connectivity index (χ4v) is 1.82. The van der Waals surface area contributed by atoms with Crippen LogP contribution >= 0.6 is 0 Å². The predicted molar refractivity (Wildman–Crippen MR) is 49.8 cm³/mol. The third kappa shape index (κ3) is 1.53. The summed E-state index contributed by atoms with van der Waals surface area (Å²) in [6.45, 7) is 3.67. The van der Waals surface area contributed by atoms with Gasteiger partial charge in [0.25, 0.3) is 5.89 Å². The van der Waals surface area contributed by atoms with Crippen molar-refractivity contribution in [3.63, 3.8) is 0 Å². The monoisotopic (exact) mass is 197 g/mol. The summed E-state index contributed by atoms with van der Waals surface area (Å²) in [5, 5.41) is 7.08. The molecule has 2 heterocycles. The summed E-state index contributed by atoms with van der Waals surface area (Å²) < 4.78 is 10.7. The molecule has 0 radical (unpaired) electrons. The van der Waals surface area contributed by atoms with Gasteiger partial charge in [-0.1, -0.05) is 5.16 Å². The normalized spacial score (nSPS) is 21.0. The van der Waals surface area contributed by atoms with Gasteiger partial charge in [-0.05, 0) is 32.9 Å². The molecule has 0 aromatic carbocycles. The van der Waals surface area contributed by atoms with Crippen LogP contribution in [0.1, 0.15) is 24.6 Å². The first-order valence-electron chi connectivity index (χ1n) is 4.83. The lowest BCUT2D eigenvalue weighted by Gasteiger charge is -2.32. The number of rotatable bonds is 2. The number of piperidine rings is 1. The number of aromatic nitrogens is 2. The molecule has 0 saturated carbocycles. The van der Waals surface area contributed by atoms with Gasteiger partial charge in [0.2, 0.25) is 0 Å². The fraction of sp³-hybridized carbons (Fsp3) is 0.778. The average Bonchev–Trinajstić information content (AvgIpc) is 2.66. The Bertz CT molecular complexity index is 305. The molecule has 1 aliphatic heterocycles. The van der Waals surface area contributed by atoms with Gasteiger partial charge in [0.1, 0.15) is 5.60 Å². The van der Waals surface area contributed by atoms with E-state index >= 15 is 0 Å². The summed E-state index contributed by atoms with van der Waals surface area (Å²) in [6, 6.07) is 0. The van der Waals surface area contributed by atoms with Crippen molar-refractivity contribution in [3.8, 4) is 0 Å². The highest BCUT2D eigenvalue weighted by molar-refractivity contribution is 5.01. The Morgan fingerprint density at radius 2 is 2.14 bits per heavy atom. The molecule has 2 rings (SSSR count). The molecule has 0 aliphatic carbocycles. The molecule has 1 aromatic heterocycles. The van der Waals surface area contributed by atoms with Crippen LogP contribution in [0.4, 0.5) is 0 Å². The highest BCUT2D eigenvalue weighted by Gasteiger charge is 2.39. The average molecular weight is 197 g/mol. The van der Waals surface area contributed by atoms with Crippen LogP contribution in [0.15, 0.2) is 4.52 Å². The Morgan fingerprint density at radius 1 is 1.43 bits per heavy atom. The first-order chi connectivity index (χ1) is 6.77. The third-order valence-corrected chi connectivity index (χ3v) is 2.72. The highest BCUT2D eigenvalue weighted by Crippen LogP contribution is 2.32. The molecule has 0 amide bonds. The van der Waals surface area contributed by atoms with Crippen molar-refractivity contribution < 1.29 is 9.26 Å². The van der Waals surface area contributed by atoms with Crippen LogP contribution < -0.4 is 5.32 Å². The lowest BCUT2D eigenvalue weighted by Crippen LogP contribution is -2.41. The van der Waals surface area contributed by atoms with Crippen LogP contribution in [0.2, 0.25) is 0 Å². The molecule has 1 saturated heterocycles. The van der Waals surface area contributed by atoms with Crippen LogP contribution in [0.25, 0.3) is 0 Å². The van der Waals surface area contributed by atoms with Crippen LogP contribution in [0, 0.1) is 6.92 Å². The van der Waals surface area contributed by atoms with E-state index in [0.29, 0.717) is 11.7 Å². The maximum atomic E-state index is 5.54. The second kappa shape index (κ2) is 3.67. The van der Waals surface area contributed by atoms with Crippen molar-refractivity contribution in [2.75, 3.05) is 20.2 Å². The summed E-state index contributed by atoms with van der Waals surface area (Å²) in [5.74, 6) is 1.27. The van der Waals surface area contributed by atoms with Gasteiger partial charge in [0.05, 0.1) is 0 Å². The Labute approximate surface area is 82.8 Å². The molecule has 1 aliphatic rings. The topological polar surface area (TPSA) is 60.2 Å². The van der Waals surface area contributed by atoms with Crippen molar-refractivity contribution in [3.05, 3.63) is 11.7 Å². The Balaban J connectivity index is 2.26. The Kier molecular flexibility index (Phi) is 2.52. The zero-order chi connectivity index (χ0) is 10.0. The minimum absolute atomic E-state index is 0.369. The second-order valence-corrected chi connectivity index (χ2v) is 3.60. The quantitative estimate of drug-likeness (QED) is 0.752. The zero-order valence-electron chi connectivity index (χ0n) is 8.54. The summed E-state index contributed by atoms with van der Waals surface area (Å²) >= 11 is 0.